The van der Waals surface area contributed by atoms with Crippen LogP contribution in [0.25, 0.3) is 0 Å². The monoisotopic (exact) mass is 1540 g/mol. The molecule has 17 nitrogen and oxygen atoms in total. The van der Waals surface area contributed by atoms with Gasteiger partial charge in [0, 0.05) is 25.7 Å². The quantitative estimate of drug-likeness (QED) is 0.0222. The average molecular weight is 1540 g/mol. The molecule has 0 aliphatic heterocycles. The summed E-state index contributed by atoms with van der Waals surface area (Å²) in [6.45, 7) is 9.56. The highest BCUT2D eigenvalue weighted by Crippen LogP contribution is 2.45. The number of ether oxygens (including phenoxy) is 4. The summed E-state index contributed by atoms with van der Waals surface area (Å²) in [6, 6.07) is 0. The van der Waals surface area contributed by atoms with Crippen LogP contribution in [0.1, 0.15) is 459 Å². The van der Waals surface area contributed by atoms with Crippen molar-refractivity contribution in [2.24, 2.45) is 11.8 Å². The molecule has 0 saturated carbocycles. The van der Waals surface area contributed by atoms with E-state index in [2.05, 4.69) is 41.5 Å². The number of phosphoric acid groups is 2. The summed E-state index contributed by atoms with van der Waals surface area (Å²) in [5, 5.41) is 10.7. The third kappa shape index (κ3) is 78.5. The first kappa shape index (κ1) is 103. The van der Waals surface area contributed by atoms with E-state index in [0.717, 1.165) is 102 Å². The van der Waals surface area contributed by atoms with Gasteiger partial charge in [0.2, 0.25) is 0 Å². The van der Waals surface area contributed by atoms with Crippen LogP contribution in [-0.4, -0.2) is 96.7 Å². The second kappa shape index (κ2) is 77.4. The highest BCUT2D eigenvalue weighted by atomic mass is 31.2. The lowest BCUT2D eigenvalue weighted by molar-refractivity contribution is -0.161. The SMILES string of the molecule is CCCCCCCCCCCCCCCCCCCCCCCCC(=O)OC[C@H](COP(=O)(O)OC[C@@H](O)COP(=O)(O)OC[C@@H](COC(=O)CCCCCCCCC(C)C)OC(=O)CCCCCCCCCCC(C)CC)OC(=O)CCCCCCCCCCCCCCCCCCCCCCCC. The Balaban J connectivity index is 5.17. The summed E-state index contributed by atoms with van der Waals surface area (Å²) in [4.78, 5) is 73.1. The molecule has 0 aromatic rings. The van der Waals surface area contributed by atoms with Gasteiger partial charge in [-0.15, -0.1) is 0 Å². The van der Waals surface area contributed by atoms with Crippen LogP contribution in [0.5, 0.6) is 0 Å². The number of carbonyl (C=O) groups is 4. The Bertz CT molecular complexity index is 2010. The number of phosphoric ester groups is 2. The molecule has 105 heavy (non-hydrogen) atoms. The molecule has 624 valence electrons. The summed E-state index contributed by atoms with van der Waals surface area (Å²) < 4.78 is 68.8. The predicted molar refractivity (Wildman–Crippen MR) is 432 cm³/mol. The first-order chi connectivity index (χ1) is 50.9. The van der Waals surface area contributed by atoms with Crippen molar-refractivity contribution in [2.75, 3.05) is 39.6 Å². The normalized spacial score (nSPS) is 14.1. The fourth-order valence-electron chi connectivity index (χ4n) is 13.4. The molecule has 0 spiro atoms. The standard InChI is InChI=1S/C86H168O17P2/c1-7-10-12-14-16-18-20-22-24-26-28-30-32-34-36-38-40-42-44-49-56-62-68-83(88)96-74-81(102-85(90)70-64-58-50-45-43-41-39-37-35-33-31-29-27-25-23-21-19-17-15-13-11-8-2)76-100-104(92,93)98-72-80(87)73-99-105(94,95)101-77-82(75-97-84(89)69-63-57-53-52-54-60-66-78(4)5)103-86(91)71-65-59-51-47-46-48-55-61-67-79(6)9-3/h78-82,87H,7-77H2,1-6H3,(H,92,93)(H,94,95)/t79?,80-,81-,82-/m1/s1. The summed E-state index contributed by atoms with van der Waals surface area (Å²) in [5.41, 5.74) is 0. The minimum absolute atomic E-state index is 0.104. The Morgan fingerprint density at radius 3 is 0.724 bits per heavy atom. The molecule has 0 rings (SSSR count). The Morgan fingerprint density at radius 1 is 0.276 bits per heavy atom. The maximum Gasteiger partial charge on any atom is 0.472 e. The van der Waals surface area contributed by atoms with Crippen LogP contribution < -0.4 is 0 Å². The number of carbonyl (C=O) groups excluding carboxylic acids is 4. The van der Waals surface area contributed by atoms with E-state index >= 15 is 0 Å². The molecular formula is C86H168O17P2. The van der Waals surface area contributed by atoms with Crippen LogP contribution in [0.3, 0.4) is 0 Å². The Hall–Kier alpha value is -1.94. The number of rotatable bonds is 85. The summed E-state index contributed by atoms with van der Waals surface area (Å²) in [6.07, 6.45) is 69.9. The van der Waals surface area contributed by atoms with E-state index in [1.807, 2.05) is 0 Å². The Labute approximate surface area is 645 Å². The molecule has 0 saturated heterocycles. The highest BCUT2D eigenvalue weighted by Gasteiger charge is 2.30. The van der Waals surface area contributed by atoms with E-state index < -0.39 is 97.5 Å². The van der Waals surface area contributed by atoms with Crippen molar-refractivity contribution >= 4 is 39.5 Å². The van der Waals surface area contributed by atoms with Crippen LogP contribution >= 0.6 is 15.6 Å². The molecule has 0 aromatic heterocycles. The van der Waals surface area contributed by atoms with E-state index in [9.17, 15) is 43.2 Å². The first-order valence-corrected chi connectivity index (χ1v) is 47.5. The van der Waals surface area contributed by atoms with Crippen molar-refractivity contribution in [1.29, 1.82) is 0 Å². The zero-order valence-corrected chi connectivity index (χ0v) is 70.8. The van der Waals surface area contributed by atoms with Crippen molar-refractivity contribution in [2.45, 2.75) is 477 Å². The van der Waals surface area contributed by atoms with Gasteiger partial charge in [-0.1, -0.05) is 408 Å². The van der Waals surface area contributed by atoms with Gasteiger partial charge in [-0.05, 0) is 37.5 Å². The van der Waals surface area contributed by atoms with Crippen LogP contribution in [-0.2, 0) is 65.4 Å². The number of esters is 4. The van der Waals surface area contributed by atoms with E-state index in [0.29, 0.717) is 31.6 Å². The minimum Gasteiger partial charge on any atom is -0.462 e. The Kier molecular flexibility index (Phi) is 76.0. The van der Waals surface area contributed by atoms with E-state index in [-0.39, 0.29) is 25.7 Å². The third-order valence-electron chi connectivity index (χ3n) is 20.6. The minimum atomic E-state index is -4.97. The summed E-state index contributed by atoms with van der Waals surface area (Å²) in [7, 11) is -9.92. The van der Waals surface area contributed by atoms with Gasteiger partial charge in [-0.3, -0.25) is 37.3 Å². The van der Waals surface area contributed by atoms with Crippen molar-refractivity contribution in [3.05, 3.63) is 0 Å². The predicted octanol–water partition coefficient (Wildman–Crippen LogP) is 26.2. The van der Waals surface area contributed by atoms with Crippen LogP contribution in [0.4, 0.5) is 0 Å². The number of hydrogen-bond donors (Lipinski definition) is 3. The molecule has 6 atom stereocenters. The van der Waals surface area contributed by atoms with Gasteiger partial charge in [-0.25, -0.2) is 9.13 Å². The summed E-state index contributed by atoms with van der Waals surface area (Å²) >= 11 is 0. The average Bonchev–Trinajstić information content (AvgIpc) is 0.903. The molecule has 3 unspecified atom stereocenters. The van der Waals surface area contributed by atoms with Crippen LogP contribution in [0.2, 0.25) is 0 Å². The fraction of sp³-hybridized carbons (Fsp3) is 0.953. The smallest absolute Gasteiger partial charge is 0.462 e. The largest absolute Gasteiger partial charge is 0.472 e. The van der Waals surface area contributed by atoms with Gasteiger partial charge in [0.25, 0.3) is 0 Å². The molecule has 0 fully saturated rings. The molecule has 0 bridgehead atoms. The Morgan fingerprint density at radius 2 is 0.486 bits per heavy atom. The van der Waals surface area contributed by atoms with Gasteiger partial charge in [0.15, 0.2) is 12.2 Å². The van der Waals surface area contributed by atoms with Crippen molar-refractivity contribution in [3.63, 3.8) is 0 Å². The fourth-order valence-corrected chi connectivity index (χ4v) is 15.0. The lowest BCUT2D eigenvalue weighted by Crippen LogP contribution is -2.30. The molecule has 0 radical (unpaired) electrons. The maximum absolute atomic E-state index is 13.1. The first-order valence-electron chi connectivity index (χ1n) is 44.5. The summed E-state index contributed by atoms with van der Waals surface area (Å²) in [5.74, 6) is -0.662. The number of unbranched alkanes of at least 4 members (excludes halogenated alkanes) is 54. The van der Waals surface area contributed by atoms with E-state index in [1.165, 1.54) is 270 Å². The van der Waals surface area contributed by atoms with Gasteiger partial charge >= 0.3 is 39.5 Å². The van der Waals surface area contributed by atoms with Gasteiger partial charge < -0.3 is 33.8 Å². The van der Waals surface area contributed by atoms with Crippen molar-refractivity contribution in [1.82, 2.24) is 0 Å². The zero-order valence-electron chi connectivity index (χ0n) is 69.0. The number of aliphatic hydroxyl groups excluding tert-OH is 1. The highest BCUT2D eigenvalue weighted by molar-refractivity contribution is 7.47. The molecule has 0 aliphatic carbocycles. The zero-order chi connectivity index (χ0) is 77.1. The second-order valence-corrected chi connectivity index (χ2v) is 34.6. The second-order valence-electron chi connectivity index (χ2n) is 31.6. The van der Waals surface area contributed by atoms with Crippen molar-refractivity contribution < 1.29 is 80.2 Å². The maximum atomic E-state index is 13.1. The number of aliphatic hydroxyl groups is 1. The topological polar surface area (TPSA) is 237 Å². The van der Waals surface area contributed by atoms with Crippen LogP contribution in [0.15, 0.2) is 0 Å². The number of hydrogen-bond acceptors (Lipinski definition) is 15. The van der Waals surface area contributed by atoms with E-state index in [1.54, 1.807) is 0 Å². The lowest BCUT2D eigenvalue weighted by atomic mass is 9.99. The van der Waals surface area contributed by atoms with Gasteiger partial charge in [0.1, 0.15) is 19.3 Å². The van der Waals surface area contributed by atoms with Gasteiger partial charge in [0.05, 0.1) is 26.4 Å². The molecule has 19 heteroatoms. The third-order valence-corrected chi connectivity index (χ3v) is 22.5. The molecule has 0 heterocycles. The molecular weight excluding hydrogens is 1370 g/mol. The molecule has 0 amide bonds. The van der Waals surface area contributed by atoms with Crippen LogP contribution in [0, 0.1) is 11.8 Å². The molecule has 0 aliphatic rings. The molecule has 0 aromatic carbocycles. The van der Waals surface area contributed by atoms with Gasteiger partial charge in [-0.2, -0.15) is 0 Å². The lowest BCUT2D eigenvalue weighted by Gasteiger charge is -2.21. The van der Waals surface area contributed by atoms with E-state index in [4.69, 9.17) is 37.0 Å². The molecule has 3 N–H and O–H groups in total. The van der Waals surface area contributed by atoms with Crippen molar-refractivity contribution in [3.8, 4) is 0 Å².